The molecule has 206 valence electrons. The van der Waals surface area contributed by atoms with Gasteiger partial charge in [-0.2, -0.15) is 0 Å². The molecule has 44 heavy (non-hydrogen) atoms. The summed E-state index contributed by atoms with van der Waals surface area (Å²) in [5.74, 6) is 0. The van der Waals surface area contributed by atoms with Gasteiger partial charge in [-0.25, -0.2) is 0 Å². The van der Waals surface area contributed by atoms with Gasteiger partial charge in [0.15, 0.2) is 0 Å². The minimum atomic E-state index is 0.0245. The second-order valence-electron chi connectivity index (χ2n) is 14.2. The molecule has 0 aromatic heterocycles. The van der Waals surface area contributed by atoms with Crippen LogP contribution in [0.5, 0.6) is 0 Å². The van der Waals surface area contributed by atoms with Gasteiger partial charge in [-0.15, -0.1) is 32.8 Å². The summed E-state index contributed by atoms with van der Waals surface area (Å²) in [7, 11) is 22.7. The second kappa shape index (κ2) is 11.9. The summed E-state index contributed by atoms with van der Waals surface area (Å²) in [5, 5.41) is 0. The molecule has 5 aromatic carbocycles. The molecular weight excluding hydrogens is 516 g/mol. The van der Waals surface area contributed by atoms with Gasteiger partial charge in [0, 0.05) is 0 Å². The fourth-order valence-corrected chi connectivity index (χ4v) is 6.97. The van der Waals surface area contributed by atoms with Crippen molar-refractivity contribution in [1.29, 1.82) is 0 Å². The van der Waals surface area contributed by atoms with Gasteiger partial charge >= 0.3 is 0 Å². The van der Waals surface area contributed by atoms with Gasteiger partial charge in [-0.3, -0.25) is 0 Å². The molecule has 0 saturated carbocycles. The first-order chi connectivity index (χ1) is 20.6. The Morgan fingerprint density at radius 3 is 0.932 bits per heavy atom. The molecule has 0 atom stereocenters. The quantitative estimate of drug-likeness (QED) is 0.193. The molecule has 0 saturated heterocycles. The molecule has 0 aliphatic heterocycles. The van der Waals surface area contributed by atoms with Crippen LogP contribution in [0.4, 0.5) is 0 Å². The van der Waals surface area contributed by atoms with Gasteiger partial charge in [0.05, 0.1) is 0 Å². The van der Waals surface area contributed by atoms with Crippen LogP contribution in [0.2, 0.25) is 0 Å². The van der Waals surface area contributed by atoms with E-state index in [4.69, 9.17) is 0 Å². The summed E-state index contributed by atoms with van der Waals surface area (Å²) in [6.07, 6.45) is 0. The lowest BCUT2D eigenvalue weighted by molar-refractivity contribution is 0.590. The van der Waals surface area contributed by atoms with Crippen LogP contribution >= 0.6 is 0 Å². The highest BCUT2D eigenvalue weighted by Gasteiger charge is 2.19. The van der Waals surface area contributed by atoms with Crippen molar-refractivity contribution in [2.24, 2.45) is 0 Å². The van der Waals surface area contributed by atoms with Crippen molar-refractivity contribution >= 4 is 133 Å². The maximum absolute atomic E-state index is 2.40. The largest absolute Gasteiger partial charge is 0.139 e. The van der Waals surface area contributed by atoms with E-state index in [0.717, 1.165) is 0 Å². The van der Waals surface area contributed by atoms with E-state index >= 15 is 0 Å². The molecule has 0 heterocycles. The van der Waals surface area contributed by atoms with E-state index in [1.54, 1.807) is 0 Å². The first kappa shape index (κ1) is 32.2. The lowest BCUT2D eigenvalue weighted by Crippen LogP contribution is -2.55. The van der Waals surface area contributed by atoms with E-state index in [1.165, 1.54) is 105 Å². The third-order valence-corrected chi connectivity index (χ3v) is 10.8. The van der Waals surface area contributed by atoms with Crippen molar-refractivity contribution in [3.63, 3.8) is 0 Å². The van der Waals surface area contributed by atoms with Crippen molar-refractivity contribution in [2.45, 2.75) is 26.2 Å². The van der Waals surface area contributed by atoms with Crippen LogP contribution in [0, 0.1) is 0 Å². The predicted octanol–water partition coefficient (Wildman–Crippen LogP) is -7.76. The molecule has 5 aromatic rings. The average Bonchev–Trinajstić information content (AvgIpc) is 3.01. The van der Waals surface area contributed by atoms with Crippen LogP contribution in [-0.4, -0.2) is 78.5 Å². The number of benzene rings is 5. The summed E-state index contributed by atoms with van der Waals surface area (Å²) in [6, 6.07) is 25.6. The molecule has 0 unspecified atom stereocenters. The fourth-order valence-electron chi connectivity index (χ4n) is 6.97. The molecule has 0 aliphatic rings. The summed E-state index contributed by atoms with van der Waals surface area (Å²) in [6.45, 7) is 6.95. The highest BCUT2D eigenvalue weighted by atomic mass is 14.2. The monoisotopic (exact) mass is 558 g/mol. The summed E-state index contributed by atoms with van der Waals surface area (Å²) in [5.41, 5.74) is 25.7. The maximum atomic E-state index is 2.40. The Labute approximate surface area is 275 Å². The fraction of sp³-hybridized carbons (Fsp3) is 0.118. The Morgan fingerprint density at radius 1 is 0.341 bits per heavy atom. The predicted molar refractivity (Wildman–Crippen MR) is 229 cm³/mol. The van der Waals surface area contributed by atoms with Crippen LogP contribution in [0.1, 0.15) is 26.3 Å². The lowest BCUT2D eigenvalue weighted by Gasteiger charge is -2.23. The van der Waals surface area contributed by atoms with Gasteiger partial charge < -0.3 is 0 Å². The molecule has 0 aliphatic carbocycles. The topological polar surface area (TPSA) is 0 Å². The molecule has 0 fully saturated rings. The first-order valence-electron chi connectivity index (χ1n) is 16.1. The SMILES string of the molecule is Bc1c(B)c(B)c(-c2cccc(-c3cc(-c4cccc(-c5c(B)c(B)c(B)c(B)c5B)c4)cc(C(C)(C)C)c3)c2)c(B)c1B. The number of rotatable bonds is 4. The summed E-state index contributed by atoms with van der Waals surface area (Å²) < 4.78 is 0. The van der Waals surface area contributed by atoms with Gasteiger partial charge in [0.2, 0.25) is 0 Å². The highest BCUT2D eigenvalue weighted by molar-refractivity contribution is 6.69. The van der Waals surface area contributed by atoms with E-state index in [9.17, 15) is 0 Å². The number of hydrogen-bond acceptors (Lipinski definition) is 0. The van der Waals surface area contributed by atoms with Crippen molar-refractivity contribution in [2.75, 3.05) is 0 Å². The van der Waals surface area contributed by atoms with Gasteiger partial charge in [-0.05, 0) is 73.7 Å². The third-order valence-electron chi connectivity index (χ3n) is 10.8. The van der Waals surface area contributed by atoms with E-state index in [2.05, 4.69) is 166 Å². The second-order valence-corrected chi connectivity index (χ2v) is 14.2. The zero-order chi connectivity index (χ0) is 32.2. The zero-order valence-corrected chi connectivity index (χ0v) is 29.4. The Hall–Kier alpha value is -3.25. The summed E-state index contributed by atoms with van der Waals surface area (Å²) in [4.78, 5) is 0. The molecular formula is C34H40B10. The zero-order valence-electron chi connectivity index (χ0n) is 29.4. The normalized spacial score (nSPS) is 11.5. The molecule has 0 N–H and O–H groups in total. The van der Waals surface area contributed by atoms with Crippen LogP contribution in [0.25, 0.3) is 44.5 Å². The maximum Gasteiger partial charge on any atom is 0.139 e. The minimum absolute atomic E-state index is 0.0245. The highest BCUT2D eigenvalue weighted by Crippen LogP contribution is 2.35. The standard InChI is InChI=1S/C34H40B10/c1-34(2,3)21-13-19(15-6-4-8-17(10-15)22-24(35)28(39)32(43)29(40)25(22)36)12-20(14-21)16-7-5-9-18(11-16)23-26(37)30(41)33(44)31(42)27(23)38/h4-14H,35-44H2,1-3H3. The molecule has 10 heteroatoms. The molecule has 0 amide bonds. The van der Waals surface area contributed by atoms with Crippen LogP contribution in [-0.2, 0) is 5.41 Å². The van der Waals surface area contributed by atoms with E-state index in [1.807, 2.05) is 0 Å². The van der Waals surface area contributed by atoms with Crippen molar-refractivity contribution in [3.05, 3.63) is 72.3 Å². The van der Waals surface area contributed by atoms with Crippen molar-refractivity contribution < 1.29 is 0 Å². The van der Waals surface area contributed by atoms with Crippen LogP contribution in [0.15, 0.2) is 66.7 Å². The molecule has 0 radical (unpaired) electrons. The van der Waals surface area contributed by atoms with Crippen LogP contribution in [0.3, 0.4) is 0 Å². The Balaban J connectivity index is 1.69. The smallest absolute Gasteiger partial charge is 0.102 e. The Kier molecular flexibility index (Phi) is 8.71. The Bertz CT molecular complexity index is 1760. The lowest BCUT2D eigenvalue weighted by atomic mass is 9.59. The minimum Gasteiger partial charge on any atom is -0.102 e. The molecule has 0 nitrogen and oxygen atoms in total. The molecule has 0 bridgehead atoms. The van der Waals surface area contributed by atoms with Crippen LogP contribution < -0.4 is 54.6 Å². The van der Waals surface area contributed by atoms with E-state index in [0.29, 0.717) is 0 Å². The van der Waals surface area contributed by atoms with E-state index < -0.39 is 0 Å². The van der Waals surface area contributed by atoms with E-state index in [-0.39, 0.29) is 5.41 Å². The average molecular weight is 557 g/mol. The van der Waals surface area contributed by atoms with Gasteiger partial charge in [0.25, 0.3) is 0 Å². The molecule has 0 spiro atoms. The Morgan fingerprint density at radius 2 is 0.614 bits per heavy atom. The first-order valence-corrected chi connectivity index (χ1v) is 16.1. The number of hydrogen-bond donors (Lipinski definition) is 0. The van der Waals surface area contributed by atoms with Crippen molar-refractivity contribution in [1.82, 2.24) is 0 Å². The van der Waals surface area contributed by atoms with Crippen molar-refractivity contribution in [3.8, 4) is 44.5 Å². The van der Waals surface area contributed by atoms with Gasteiger partial charge in [0.1, 0.15) is 78.5 Å². The summed E-state index contributed by atoms with van der Waals surface area (Å²) >= 11 is 0. The third kappa shape index (κ3) is 5.66. The molecule has 5 rings (SSSR count). The van der Waals surface area contributed by atoms with Gasteiger partial charge in [-0.1, -0.05) is 91.2 Å².